The third-order valence-corrected chi connectivity index (χ3v) is 3.81. The van der Waals surface area contributed by atoms with Crippen LogP contribution < -0.4 is 5.56 Å². The molecule has 3 heterocycles. The van der Waals surface area contributed by atoms with E-state index in [1.807, 2.05) is 23.9 Å². The van der Waals surface area contributed by atoms with E-state index in [-0.39, 0.29) is 11.6 Å². The van der Waals surface area contributed by atoms with Crippen LogP contribution in [-0.2, 0) is 12.8 Å². The van der Waals surface area contributed by atoms with Crippen LogP contribution >= 0.6 is 0 Å². The van der Waals surface area contributed by atoms with E-state index in [9.17, 15) is 4.79 Å². The summed E-state index contributed by atoms with van der Waals surface area (Å²) >= 11 is 0. The Hall–Kier alpha value is -2.37. The van der Waals surface area contributed by atoms with Crippen LogP contribution in [0.2, 0.25) is 0 Å². The van der Waals surface area contributed by atoms with Gasteiger partial charge < -0.3 is 0 Å². The maximum absolute atomic E-state index is 12.2. The third kappa shape index (κ3) is 2.37. The van der Waals surface area contributed by atoms with Crippen molar-refractivity contribution in [3.63, 3.8) is 0 Å². The van der Waals surface area contributed by atoms with Crippen molar-refractivity contribution in [3.05, 3.63) is 51.8 Å². The summed E-state index contributed by atoms with van der Waals surface area (Å²) in [5.41, 5.74) is 3.58. The smallest absolute Gasteiger partial charge is 0.272 e. The zero-order valence-corrected chi connectivity index (χ0v) is 12.5. The number of hydrogen-bond acceptors (Lipinski definition) is 3. The first-order valence-corrected chi connectivity index (χ1v) is 7.19. The molecule has 0 saturated carbocycles. The molecule has 0 amide bonds. The summed E-state index contributed by atoms with van der Waals surface area (Å²) in [6, 6.07) is 3.66. The van der Waals surface area contributed by atoms with Crippen LogP contribution in [0.4, 0.5) is 0 Å². The van der Waals surface area contributed by atoms with Crippen molar-refractivity contribution in [2.75, 3.05) is 0 Å². The lowest BCUT2D eigenvalue weighted by Crippen LogP contribution is -2.18. The normalized spacial score (nSPS) is 12.9. The molecule has 0 aromatic carbocycles. The van der Waals surface area contributed by atoms with Crippen molar-refractivity contribution in [1.82, 2.24) is 24.4 Å². The van der Waals surface area contributed by atoms with Gasteiger partial charge in [0.2, 0.25) is 0 Å². The summed E-state index contributed by atoms with van der Waals surface area (Å²) in [5, 5.41) is 7.31. The lowest BCUT2D eigenvalue weighted by molar-refractivity contribution is 0.484. The fourth-order valence-electron chi connectivity index (χ4n) is 2.71. The molecule has 6 heteroatoms. The van der Waals surface area contributed by atoms with Crippen molar-refractivity contribution < 1.29 is 0 Å². The Labute approximate surface area is 122 Å². The number of H-pyrrole nitrogens is 1. The first-order valence-electron chi connectivity index (χ1n) is 7.19. The minimum absolute atomic E-state index is 0.0644. The molecule has 0 aliphatic rings. The lowest BCUT2D eigenvalue weighted by Gasteiger charge is -2.11. The quantitative estimate of drug-likeness (QED) is 0.796. The Morgan fingerprint density at radius 3 is 2.90 bits per heavy atom. The van der Waals surface area contributed by atoms with Crippen molar-refractivity contribution in [3.8, 4) is 0 Å². The van der Waals surface area contributed by atoms with E-state index in [1.165, 1.54) is 4.52 Å². The van der Waals surface area contributed by atoms with Crippen molar-refractivity contribution in [2.24, 2.45) is 0 Å². The second kappa shape index (κ2) is 5.20. The van der Waals surface area contributed by atoms with Gasteiger partial charge in [0, 0.05) is 36.1 Å². The Morgan fingerprint density at radius 1 is 1.43 bits per heavy atom. The molecular formula is C15H19N5O. The van der Waals surface area contributed by atoms with Gasteiger partial charge in [-0.3, -0.25) is 14.6 Å². The molecule has 3 aromatic heterocycles. The highest BCUT2D eigenvalue weighted by atomic mass is 16.1. The largest absolute Gasteiger partial charge is 0.294 e. The average molecular weight is 285 g/mol. The van der Waals surface area contributed by atoms with E-state index in [4.69, 9.17) is 0 Å². The van der Waals surface area contributed by atoms with Gasteiger partial charge in [-0.15, -0.1) is 0 Å². The molecule has 1 N–H and O–H groups in total. The molecule has 0 fully saturated rings. The molecule has 6 nitrogen and oxygen atoms in total. The third-order valence-electron chi connectivity index (χ3n) is 3.81. The highest BCUT2D eigenvalue weighted by Crippen LogP contribution is 2.15. The van der Waals surface area contributed by atoms with E-state index < -0.39 is 0 Å². The number of aryl methyl sites for hydroxylation is 2. The van der Waals surface area contributed by atoms with Gasteiger partial charge in [-0.2, -0.15) is 5.10 Å². The summed E-state index contributed by atoms with van der Waals surface area (Å²) in [7, 11) is 0. The zero-order valence-electron chi connectivity index (χ0n) is 12.5. The first kappa shape index (κ1) is 13.6. The summed E-state index contributed by atoms with van der Waals surface area (Å²) < 4.78 is 3.41. The van der Waals surface area contributed by atoms with E-state index >= 15 is 0 Å². The monoisotopic (exact) mass is 285 g/mol. The number of aromatic amines is 1. The lowest BCUT2D eigenvalue weighted by atomic mass is 10.1. The van der Waals surface area contributed by atoms with Crippen LogP contribution in [-0.4, -0.2) is 24.4 Å². The number of fused-ring (bicyclic) bond motifs is 1. The van der Waals surface area contributed by atoms with Crippen molar-refractivity contribution >= 4 is 5.65 Å². The van der Waals surface area contributed by atoms with Crippen molar-refractivity contribution in [1.29, 1.82) is 0 Å². The minimum atomic E-state index is -0.0644. The fraction of sp³-hybridized carbons (Fsp3) is 0.400. The van der Waals surface area contributed by atoms with E-state index in [0.29, 0.717) is 6.42 Å². The van der Waals surface area contributed by atoms with E-state index in [0.717, 1.165) is 29.0 Å². The summed E-state index contributed by atoms with van der Waals surface area (Å²) in [6.45, 7) is 6.11. The van der Waals surface area contributed by atoms with E-state index in [2.05, 4.69) is 29.0 Å². The van der Waals surface area contributed by atoms with Gasteiger partial charge in [-0.1, -0.05) is 6.92 Å². The van der Waals surface area contributed by atoms with E-state index in [1.54, 1.807) is 12.3 Å². The Morgan fingerprint density at radius 2 is 2.24 bits per heavy atom. The zero-order chi connectivity index (χ0) is 15.0. The Kier molecular flexibility index (Phi) is 3.37. The molecular weight excluding hydrogens is 266 g/mol. The number of aromatic nitrogens is 5. The maximum atomic E-state index is 12.2. The Bertz CT molecular complexity index is 813. The highest BCUT2D eigenvalue weighted by molar-refractivity contribution is 5.50. The fourth-order valence-corrected chi connectivity index (χ4v) is 2.71. The molecule has 0 aliphatic carbocycles. The molecule has 110 valence electrons. The summed E-state index contributed by atoms with van der Waals surface area (Å²) in [5.74, 6) is 0. The number of hydrogen-bond donors (Lipinski definition) is 1. The number of nitrogens with zero attached hydrogens (tertiary/aromatic N) is 4. The maximum Gasteiger partial charge on any atom is 0.272 e. The molecule has 1 atom stereocenters. The minimum Gasteiger partial charge on any atom is -0.294 e. The SMILES string of the molecule is CCc1c(C)[nH]n2c(=O)cc(C[C@H](C)n3cccn3)nc12. The van der Waals surface area contributed by atoms with Gasteiger partial charge in [0.1, 0.15) is 0 Å². The van der Waals surface area contributed by atoms with Crippen LogP contribution in [0.3, 0.4) is 0 Å². The van der Waals surface area contributed by atoms with Gasteiger partial charge in [0.05, 0.1) is 11.7 Å². The van der Waals surface area contributed by atoms with Crippen LogP contribution in [0.1, 0.15) is 36.8 Å². The predicted octanol–water partition coefficient (Wildman–Crippen LogP) is 1.89. The predicted molar refractivity (Wildman–Crippen MR) is 80.6 cm³/mol. The number of rotatable bonds is 4. The molecule has 3 aromatic rings. The summed E-state index contributed by atoms with van der Waals surface area (Å²) in [4.78, 5) is 16.9. The molecule has 3 rings (SSSR count). The topological polar surface area (TPSA) is 68.0 Å². The average Bonchev–Trinajstić information content (AvgIpc) is 3.06. The van der Waals surface area contributed by atoms with Crippen LogP contribution in [0, 0.1) is 6.92 Å². The van der Waals surface area contributed by atoms with Crippen molar-refractivity contribution in [2.45, 2.75) is 39.7 Å². The Balaban J connectivity index is 2.02. The van der Waals surface area contributed by atoms with Gasteiger partial charge in [-0.05, 0) is 26.3 Å². The molecule has 0 bridgehead atoms. The molecule has 0 aliphatic heterocycles. The molecule has 0 radical (unpaired) electrons. The standard InChI is InChI=1S/C15H19N5O/c1-4-13-11(3)18-20-14(21)9-12(17-15(13)20)8-10(2)19-7-5-6-16-19/h5-7,9-10,18H,4,8H2,1-3H3/t10-/m0/s1. The summed E-state index contributed by atoms with van der Waals surface area (Å²) in [6.07, 6.45) is 5.21. The van der Waals surface area contributed by atoms with Crippen LogP contribution in [0.25, 0.3) is 5.65 Å². The second-order valence-electron chi connectivity index (χ2n) is 5.35. The van der Waals surface area contributed by atoms with Gasteiger partial charge in [0.25, 0.3) is 5.56 Å². The second-order valence-corrected chi connectivity index (χ2v) is 5.35. The van der Waals surface area contributed by atoms with Gasteiger partial charge in [0.15, 0.2) is 5.65 Å². The molecule has 21 heavy (non-hydrogen) atoms. The van der Waals surface area contributed by atoms with Gasteiger partial charge >= 0.3 is 0 Å². The molecule has 0 spiro atoms. The molecule has 0 unspecified atom stereocenters. The molecule has 0 saturated heterocycles. The highest BCUT2D eigenvalue weighted by Gasteiger charge is 2.13. The number of nitrogens with one attached hydrogen (secondary N) is 1. The van der Waals surface area contributed by atoms with Gasteiger partial charge in [-0.25, -0.2) is 9.50 Å². The van der Waals surface area contributed by atoms with Crippen LogP contribution in [0.5, 0.6) is 0 Å². The first-order chi connectivity index (χ1) is 10.1. The van der Waals surface area contributed by atoms with Crippen LogP contribution in [0.15, 0.2) is 29.3 Å².